The van der Waals surface area contributed by atoms with Crippen LogP contribution in [0.2, 0.25) is 0 Å². The number of rotatable bonds is 5. The van der Waals surface area contributed by atoms with Gasteiger partial charge >= 0.3 is 0 Å². The lowest BCUT2D eigenvalue weighted by Crippen LogP contribution is -2.28. The summed E-state index contributed by atoms with van der Waals surface area (Å²) < 4.78 is 6.47. The molecule has 0 atom stereocenters. The lowest BCUT2D eigenvalue weighted by atomic mass is 10.1. The second-order valence-corrected chi connectivity index (χ2v) is 5.89. The van der Waals surface area contributed by atoms with Gasteiger partial charge in [0.25, 0.3) is 5.91 Å². The normalized spacial score (nSPS) is 10.7. The number of aromatic amines is 1. The summed E-state index contributed by atoms with van der Waals surface area (Å²) in [5, 5.41) is 11.7. The number of carbonyl (C=O) groups excluding carboxylic acids is 1. The van der Waals surface area contributed by atoms with Crippen LogP contribution in [-0.4, -0.2) is 29.3 Å². The molecule has 0 saturated heterocycles. The maximum absolute atomic E-state index is 12.0. The van der Waals surface area contributed by atoms with Crippen LogP contribution in [-0.2, 0) is 0 Å². The summed E-state index contributed by atoms with van der Waals surface area (Å²) in [6.45, 7) is 2.64. The smallest absolute Gasteiger partial charge is 0.273 e. The molecule has 1 aromatic heterocycles. The first-order chi connectivity index (χ1) is 11.2. The van der Waals surface area contributed by atoms with Crippen LogP contribution in [0.5, 0.6) is 5.75 Å². The van der Waals surface area contributed by atoms with Gasteiger partial charge in [0.1, 0.15) is 12.4 Å². The molecule has 2 aromatic carbocycles. The van der Waals surface area contributed by atoms with E-state index in [2.05, 4.69) is 31.4 Å². The van der Waals surface area contributed by atoms with Crippen LogP contribution in [0.4, 0.5) is 0 Å². The molecule has 5 nitrogen and oxygen atoms in total. The Kier molecular flexibility index (Phi) is 4.62. The van der Waals surface area contributed by atoms with E-state index in [9.17, 15) is 4.79 Å². The molecule has 0 radical (unpaired) electrons. The van der Waals surface area contributed by atoms with E-state index in [1.54, 1.807) is 0 Å². The Morgan fingerprint density at radius 1 is 1.26 bits per heavy atom. The van der Waals surface area contributed by atoms with Crippen molar-refractivity contribution >= 4 is 32.6 Å². The second-order valence-electron chi connectivity index (χ2n) is 5.09. The van der Waals surface area contributed by atoms with Gasteiger partial charge in [0.2, 0.25) is 0 Å². The number of hydrogen-bond donors (Lipinski definition) is 2. The summed E-state index contributed by atoms with van der Waals surface area (Å²) in [4.78, 5) is 12.0. The third kappa shape index (κ3) is 3.37. The number of benzene rings is 2. The number of amides is 1. The van der Waals surface area contributed by atoms with Crippen molar-refractivity contribution in [2.24, 2.45) is 0 Å². The fourth-order valence-corrected chi connectivity index (χ4v) is 2.65. The van der Waals surface area contributed by atoms with E-state index in [-0.39, 0.29) is 5.91 Å². The molecule has 3 aromatic rings. The Labute approximate surface area is 142 Å². The van der Waals surface area contributed by atoms with Crippen molar-refractivity contribution in [1.29, 1.82) is 0 Å². The van der Waals surface area contributed by atoms with E-state index in [0.717, 1.165) is 22.2 Å². The summed E-state index contributed by atoms with van der Waals surface area (Å²) in [6, 6.07) is 14.0. The van der Waals surface area contributed by atoms with Crippen molar-refractivity contribution in [3.8, 4) is 5.75 Å². The van der Waals surface area contributed by atoms with Gasteiger partial charge in [-0.25, -0.2) is 0 Å². The van der Waals surface area contributed by atoms with Crippen LogP contribution in [0.3, 0.4) is 0 Å². The van der Waals surface area contributed by atoms with Crippen LogP contribution >= 0.6 is 15.9 Å². The third-order valence-electron chi connectivity index (χ3n) is 3.48. The Bertz CT molecular complexity index is 839. The highest BCUT2D eigenvalue weighted by Gasteiger charge is 2.15. The molecule has 6 heteroatoms. The molecule has 0 aliphatic heterocycles. The number of ether oxygens (including phenoxy) is 1. The molecule has 1 heterocycles. The highest BCUT2D eigenvalue weighted by atomic mass is 79.9. The average Bonchev–Trinajstić information content (AvgIpc) is 2.91. The lowest BCUT2D eigenvalue weighted by Gasteiger charge is -2.09. The monoisotopic (exact) mass is 373 g/mol. The molecule has 118 valence electrons. The number of aromatic nitrogens is 2. The number of nitrogens with zero attached hydrogens (tertiary/aromatic N) is 1. The van der Waals surface area contributed by atoms with Crippen molar-refractivity contribution in [2.75, 3.05) is 13.2 Å². The van der Waals surface area contributed by atoms with Gasteiger partial charge in [-0.3, -0.25) is 9.89 Å². The Morgan fingerprint density at radius 3 is 2.83 bits per heavy atom. The van der Waals surface area contributed by atoms with Crippen LogP contribution in [0.25, 0.3) is 10.8 Å². The zero-order valence-corrected chi connectivity index (χ0v) is 14.2. The van der Waals surface area contributed by atoms with Gasteiger partial charge in [-0.05, 0) is 34.3 Å². The SMILES string of the molecule is Cc1[nH]nc(C(=O)NCCOc2cccc3ccccc23)c1Br. The van der Waals surface area contributed by atoms with Gasteiger partial charge in [-0.15, -0.1) is 0 Å². The second kappa shape index (κ2) is 6.83. The predicted octanol–water partition coefficient (Wildman–Crippen LogP) is 3.44. The first kappa shape index (κ1) is 15.6. The molecule has 3 rings (SSSR count). The zero-order chi connectivity index (χ0) is 16.2. The summed E-state index contributed by atoms with van der Waals surface area (Å²) in [5.74, 6) is 0.580. The summed E-state index contributed by atoms with van der Waals surface area (Å²) in [7, 11) is 0. The van der Waals surface area contributed by atoms with Gasteiger partial charge in [0, 0.05) is 11.1 Å². The van der Waals surface area contributed by atoms with Gasteiger partial charge in [0.05, 0.1) is 11.0 Å². The van der Waals surface area contributed by atoms with Crippen molar-refractivity contribution in [2.45, 2.75) is 6.92 Å². The first-order valence-corrected chi connectivity index (χ1v) is 8.05. The summed E-state index contributed by atoms with van der Waals surface area (Å²) in [6.07, 6.45) is 0. The molecule has 2 N–H and O–H groups in total. The Morgan fingerprint density at radius 2 is 2.04 bits per heavy atom. The minimum absolute atomic E-state index is 0.234. The molecule has 0 unspecified atom stereocenters. The number of nitrogens with one attached hydrogen (secondary N) is 2. The zero-order valence-electron chi connectivity index (χ0n) is 12.6. The van der Waals surface area contributed by atoms with Crippen molar-refractivity contribution in [3.63, 3.8) is 0 Å². The molecule has 0 spiro atoms. The Hall–Kier alpha value is -2.34. The highest BCUT2D eigenvalue weighted by Crippen LogP contribution is 2.24. The first-order valence-electron chi connectivity index (χ1n) is 7.26. The Balaban J connectivity index is 1.57. The largest absolute Gasteiger partial charge is 0.491 e. The van der Waals surface area contributed by atoms with Gasteiger partial charge in [-0.1, -0.05) is 36.4 Å². The van der Waals surface area contributed by atoms with Crippen molar-refractivity contribution in [3.05, 3.63) is 58.3 Å². The van der Waals surface area contributed by atoms with E-state index in [1.165, 1.54) is 0 Å². The number of halogens is 1. The molecule has 1 amide bonds. The van der Waals surface area contributed by atoms with E-state index in [1.807, 2.05) is 49.4 Å². The average molecular weight is 374 g/mol. The van der Waals surface area contributed by atoms with Crippen molar-refractivity contribution in [1.82, 2.24) is 15.5 Å². The molecule has 0 bridgehead atoms. The summed E-state index contributed by atoms with van der Waals surface area (Å²) in [5.41, 5.74) is 1.18. The molecule has 0 fully saturated rings. The van der Waals surface area contributed by atoms with Gasteiger partial charge in [0.15, 0.2) is 5.69 Å². The van der Waals surface area contributed by atoms with Crippen molar-refractivity contribution < 1.29 is 9.53 Å². The lowest BCUT2D eigenvalue weighted by molar-refractivity contribution is 0.0941. The molecular formula is C17H16BrN3O2. The van der Waals surface area contributed by atoms with E-state index >= 15 is 0 Å². The van der Waals surface area contributed by atoms with E-state index < -0.39 is 0 Å². The standard InChI is InChI=1S/C17H16BrN3O2/c1-11-15(18)16(21-20-11)17(22)19-9-10-23-14-8-4-6-12-5-2-3-7-13(12)14/h2-8H,9-10H2,1H3,(H,19,22)(H,20,21). The van der Waals surface area contributed by atoms with Gasteiger partial charge in [-0.2, -0.15) is 5.10 Å². The van der Waals surface area contributed by atoms with Crippen LogP contribution < -0.4 is 10.1 Å². The number of aryl methyl sites for hydroxylation is 1. The fourth-order valence-electron chi connectivity index (χ4n) is 2.30. The van der Waals surface area contributed by atoms with Crippen LogP contribution in [0, 0.1) is 6.92 Å². The number of H-pyrrole nitrogens is 1. The topological polar surface area (TPSA) is 67.0 Å². The quantitative estimate of drug-likeness (QED) is 0.673. The highest BCUT2D eigenvalue weighted by molar-refractivity contribution is 9.10. The number of carbonyl (C=O) groups is 1. The minimum Gasteiger partial charge on any atom is -0.491 e. The maximum atomic E-state index is 12.0. The molecule has 23 heavy (non-hydrogen) atoms. The number of hydrogen-bond acceptors (Lipinski definition) is 3. The van der Waals surface area contributed by atoms with Crippen LogP contribution in [0.15, 0.2) is 46.9 Å². The molecule has 0 aliphatic rings. The van der Waals surface area contributed by atoms with E-state index in [4.69, 9.17) is 4.74 Å². The third-order valence-corrected chi connectivity index (χ3v) is 4.45. The molecule has 0 aliphatic carbocycles. The maximum Gasteiger partial charge on any atom is 0.273 e. The minimum atomic E-state index is -0.234. The predicted molar refractivity (Wildman–Crippen MR) is 92.8 cm³/mol. The van der Waals surface area contributed by atoms with Gasteiger partial charge < -0.3 is 10.1 Å². The van der Waals surface area contributed by atoms with Crippen LogP contribution in [0.1, 0.15) is 16.2 Å². The summed E-state index contributed by atoms with van der Waals surface area (Å²) >= 11 is 3.34. The molecule has 0 saturated carbocycles. The molecular weight excluding hydrogens is 358 g/mol. The fraction of sp³-hybridized carbons (Fsp3) is 0.176. The van der Waals surface area contributed by atoms with E-state index in [0.29, 0.717) is 23.3 Å². The number of fused-ring (bicyclic) bond motifs is 1.